The monoisotopic (exact) mass is 189 g/mol. The Morgan fingerprint density at radius 2 is 1.50 bits per heavy atom. The Morgan fingerprint density at radius 3 is 1.86 bits per heavy atom. The number of fused-ring (bicyclic) bond motifs is 1. The number of benzene rings is 1. The predicted octanol–water partition coefficient (Wildman–Crippen LogP) is 2.40. The second kappa shape index (κ2) is 3.74. The molecule has 1 aromatic rings. The summed E-state index contributed by atoms with van der Waals surface area (Å²) in [5.74, 6) is 0. The van der Waals surface area contributed by atoms with E-state index < -0.39 is 0 Å². The highest BCUT2D eigenvalue weighted by atomic mass is 15.0. The van der Waals surface area contributed by atoms with Crippen LogP contribution in [0.15, 0.2) is 24.3 Å². The third kappa shape index (κ3) is 1.46. The first kappa shape index (κ1) is 9.72. The zero-order chi connectivity index (χ0) is 10.0. The highest BCUT2D eigenvalue weighted by molar-refractivity contribution is 5.35. The zero-order valence-electron chi connectivity index (χ0n) is 9.14. The van der Waals surface area contributed by atoms with Crippen molar-refractivity contribution < 1.29 is 0 Å². The summed E-state index contributed by atoms with van der Waals surface area (Å²) in [7, 11) is 0. The SMILES string of the molecule is CC.c1ccc2c(c1)CC1(CNC1)C2. The van der Waals surface area contributed by atoms with E-state index in [0.29, 0.717) is 5.41 Å². The molecule has 1 nitrogen and oxygen atoms in total. The van der Waals surface area contributed by atoms with E-state index in [0.717, 1.165) is 0 Å². The van der Waals surface area contributed by atoms with Gasteiger partial charge in [0.1, 0.15) is 0 Å². The average Bonchev–Trinajstić information content (AvgIpc) is 2.59. The molecular formula is C13H19N. The maximum atomic E-state index is 3.38. The molecule has 0 atom stereocenters. The van der Waals surface area contributed by atoms with Crippen molar-refractivity contribution in [2.45, 2.75) is 26.7 Å². The summed E-state index contributed by atoms with van der Waals surface area (Å²) in [5.41, 5.74) is 3.78. The van der Waals surface area contributed by atoms with Gasteiger partial charge in [-0.25, -0.2) is 0 Å². The summed E-state index contributed by atoms with van der Waals surface area (Å²) in [6, 6.07) is 8.87. The van der Waals surface area contributed by atoms with Gasteiger partial charge >= 0.3 is 0 Å². The van der Waals surface area contributed by atoms with Crippen molar-refractivity contribution in [2.24, 2.45) is 5.41 Å². The third-order valence-corrected chi connectivity index (χ3v) is 3.25. The molecule has 1 spiro atoms. The second-order valence-corrected chi connectivity index (χ2v) is 4.23. The first-order chi connectivity index (χ1) is 6.88. The zero-order valence-corrected chi connectivity index (χ0v) is 9.14. The van der Waals surface area contributed by atoms with Crippen LogP contribution in [0.3, 0.4) is 0 Å². The van der Waals surface area contributed by atoms with Crippen molar-refractivity contribution in [1.29, 1.82) is 0 Å². The van der Waals surface area contributed by atoms with Crippen LogP contribution in [0.1, 0.15) is 25.0 Å². The van der Waals surface area contributed by atoms with Crippen molar-refractivity contribution in [3.63, 3.8) is 0 Å². The van der Waals surface area contributed by atoms with Gasteiger partial charge in [-0.05, 0) is 24.0 Å². The molecular weight excluding hydrogens is 170 g/mol. The maximum Gasteiger partial charge on any atom is 0.00333 e. The number of hydrogen-bond acceptors (Lipinski definition) is 1. The molecule has 1 fully saturated rings. The van der Waals surface area contributed by atoms with Crippen molar-refractivity contribution in [2.75, 3.05) is 13.1 Å². The van der Waals surface area contributed by atoms with Gasteiger partial charge in [0.2, 0.25) is 0 Å². The van der Waals surface area contributed by atoms with E-state index in [1.807, 2.05) is 13.8 Å². The highest BCUT2D eigenvalue weighted by Crippen LogP contribution is 2.39. The molecule has 0 saturated carbocycles. The van der Waals surface area contributed by atoms with Crippen LogP contribution in [-0.4, -0.2) is 13.1 Å². The Labute approximate surface area is 86.5 Å². The average molecular weight is 189 g/mol. The van der Waals surface area contributed by atoms with E-state index in [9.17, 15) is 0 Å². The predicted molar refractivity (Wildman–Crippen MR) is 60.5 cm³/mol. The lowest BCUT2D eigenvalue weighted by Gasteiger charge is -2.39. The smallest absolute Gasteiger partial charge is 0.00333 e. The minimum Gasteiger partial charge on any atom is -0.315 e. The second-order valence-electron chi connectivity index (χ2n) is 4.23. The van der Waals surface area contributed by atoms with Gasteiger partial charge < -0.3 is 5.32 Å². The molecule has 0 bridgehead atoms. The van der Waals surface area contributed by atoms with Gasteiger partial charge in [0.15, 0.2) is 0 Å². The van der Waals surface area contributed by atoms with Crippen molar-refractivity contribution in [3.8, 4) is 0 Å². The maximum absolute atomic E-state index is 3.38. The quantitative estimate of drug-likeness (QED) is 0.661. The van der Waals surface area contributed by atoms with E-state index in [4.69, 9.17) is 0 Å². The minimum atomic E-state index is 0.615. The number of rotatable bonds is 0. The first-order valence-corrected chi connectivity index (χ1v) is 5.66. The molecule has 1 N–H and O–H groups in total. The van der Waals surface area contributed by atoms with E-state index >= 15 is 0 Å². The summed E-state index contributed by atoms with van der Waals surface area (Å²) >= 11 is 0. The van der Waals surface area contributed by atoms with Gasteiger partial charge in [-0.2, -0.15) is 0 Å². The fraction of sp³-hybridized carbons (Fsp3) is 0.538. The molecule has 0 aromatic heterocycles. The molecule has 1 aliphatic heterocycles. The minimum absolute atomic E-state index is 0.615. The van der Waals surface area contributed by atoms with E-state index in [1.54, 1.807) is 11.1 Å². The van der Waals surface area contributed by atoms with Crippen LogP contribution in [0, 0.1) is 5.41 Å². The molecule has 76 valence electrons. The fourth-order valence-electron chi connectivity index (χ4n) is 2.50. The van der Waals surface area contributed by atoms with Gasteiger partial charge in [0, 0.05) is 18.5 Å². The standard InChI is InChI=1S/C11H13N.C2H6/c1-2-4-10-6-11(7-12-8-11)5-9(10)3-1;1-2/h1-4,12H,5-8H2;1-2H3. The van der Waals surface area contributed by atoms with E-state index in [1.165, 1.54) is 25.9 Å². The molecule has 1 aromatic carbocycles. The van der Waals surface area contributed by atoms with Crippen LogP contribution in [0.25, 0.3) is 0 Å². The lowest BCUT2D eigenvalue weighted by atomic mass is 9.79. The lowest BCUT2D eigenvalue weighted by molar-refractivity contribution is 0.183. The largest absolute Gasteiger partial charge is 0.315 e. The summed E-state index contributed by atoms with van der Waals surface area (Å²) in [5, 5.41) is 3.38. The van der Waals surface area contributed by atoms with Crippen LogP contribution in [0.2, 0.25) is 0 Å². The Bertz CT molecular complexity index is 286. The normalized spacial score (nSPS) is 20.7. The first-order valence-electron chi connectivity index (χ1n) is 5.66. The third-order valence-electron chi connectivity index (χ3n) is 3.25. The lowest BCUT2D eigenvalue weighted by Crippen LogP contribution is -2.53. The summed E-state index contributed by atoms with van der Waals surface area (Å²) in [6.45, 7) is 6.45. The molecule has 0 unspecified atom stereocenters. The molecule has 14 heavy (non-hydrogen) atoms. The van der Waals surface area contributed by atoms with E-state index in [-0.39, 0.29) is 0 Å². The van der Waals surface area contributed by atoms with Gasteiger partial charge in [-0.15, -0.1) is 0 Å². The topological polar surface area (TPSA) is 12.0 Å². The van der Waals surface area contributed by atoms with E-state index in [2.05, 4.69) is 29.6 Å². The molecule has 1 heterocycles. The molecule has 1 saturated heterocycles. The van der Waals surface area contributed by atoms with Crippen LogP contribution in [-0.2, 0) is 12.8 Å². The molecule has 0 radical (unpaired) electrons. The van der Waals surface area contributed by atoms with Gasteiger partial charge in [0.25, 0.3) is 0 Å². The summed E-state index contributed by atoms with van der Waals surface area (Å²) in [4.78, 5) is 0. The Kier molecular flexibility index (Phi) is 2.60. The summed E-state index contributed by atoms with van der Waals surface area (Å²) in [6.07, 6.45) is 2.60. The van der Waals surface area contributed by atoms with Crippen molar-refractivity contribution >= 4 is 0 Å². The van der Waals surface area contributed by atoms with Gasteiger partial charge in [-0.1, -0.05) is 38.1 Å². The van der Waals surface area contributed by atoms with Gasteiger partial charge in [-0.3, -0.25) is 0 Å². The Hall–Kier alpha value is -0.820. The molecule has 1 heteroatoms. The Balaban J connectivity index is 0.000000354. The molecule has 2 aliphatic rings. The van der Waals surface area contributed by atoms with Crippen LogP contribution in [0.4, 0.5) is 0 Å². The number of nitrogens with one attached hydrogen (secondary N) is 1. The fourth-order valence-corrected chi connectivity index (χ4v) is 2.50. The molecule has 1 aliphatic carbocycles. The Morgan fingerprint density at radius 1 is 1.00 bits per heavy atom. The van der Waals surface area contributed by atoms with Crippen molar-refractivity contribution in [3.05, 3.63) is 35.4 Å². The van der Waals surface area contributed by atoms with Crippen molar-refractivity contribution in [1.82, 2.24) is 5.32 Å². The highest BCUT2D eigenvalue weighted by Gasteiger charge is 2.41. The van der Waals surface area contributed by atoms with Crippen LogP contribution in [0.5, 0.6) is 0 Å². The van der Waals surface area contributed by atoms with Crippen LogP contribution < -0.4 is 5.32 Å². The summed E-state index contributed by atoms with van der Waals surface area (Å²) < 4.78 is 0. The van der Waals surface area contributed by atoms with Crippen LogP contribution >= 0.6 is 0 Å². The molecule has 3 rings (SSSR count). The number of hydrogen-bond donors (Lipinski definition) is 1. The molecule has 0 amide bonds. The van der Waals surface area contributed by atoms with Gasteiger partial charge in [0.05, 0.1) is 0 Å².